The number of amides is 1. The Morgan fingerprint density at radius 2 is 1.54 bits per heavy atom. The van der Waals surface area contributed by atoms with Crippen LogP contribution in [0.5, 0.6) is 0 Å². The van der Waals surface area contributed by atoms with Crippen molar-refractivity contribution in [3.05, 3.63) is 0 Å². The molecule has 140 valence electrons. The van der Waals surface area contributed by atoms with Crippen molar-refractivity contribution in [2.75, 3.05) is 0 Å². The first kappa shape index (κ1) is 19.8. The van der Waals surface area contributed by atoms with Gasteiger partial charge in [0.05, 0.1) is 0 Å². The summed E-state index contributed by atoms with van der Waals surface area (Å²) in [6, 6.07) is -1.55. The maximum atomic E-state index is 13.4. The van der Waals surface area contributed by atoms with E-state index in [1.165, 1.54) is 0 Å². The third-order valence-electron chi connectivity index (χ3n) is 6.31. The van der Waals surface area contributed by atoms with Crippen molar-refractivity contribution in [1.82, 2.24) is 5.32 Å². The minimum absolute atomic E-state index is 0. The van der Waals surface area contributed by atoms with Gasteiger partial charge in [0.25, 0.3) is 0 Å². The Morgan fingerprint density at radius 1 is 1.00 bits per heavy atom. The molecule has 0 aromatic heterocycles. The Morgan fingerprint density at radius 3 is 2.04 bits per heavy atom. The molecule has 0 aromatic rings. The molecule has 24 heavy (non-hydrogen) atoms. The van der Waals surface area contributed by atoms with Crippen molar-refractivity contribution in [2.45, 2.75) is 76.0 Å². The third-order valence-corrected chi connectivity index (χ3v) is 6.31. The molecule has 0 saturated heterocycles. The summed E-state index contributed by atoms with van der Waals surface area (Å²) >= 11 is 0. The Balaban J connectivity index is 0.00000208. The number of alkyl halides is 3. The van der Waals surface area contributed by atoms with E-state index in [4.69, 9.17) is 5.73 Å². The number of rotatable bonds is 3. The lowest BCUT2D eigenvalue weighted by molar-refractivity contribution is -0.173. The summed E-state index contributed by atoms with van der Waals surface area (Å²) < 4.78 is 40.1. The molecule has 2 bridgehead atoms. The summed E-state index contributed by atoms with van der Waals surface area (Å²) in [7, 11) is 0. The Hall–Kier alpha value is -0.490. The first-order chi connectivity index (χ1) is 10.9. The van der Waals surface area contributed by atoms with Gasteiger partial charge in [-0.25, -0.2) is 0 Å². The number of carbonyl (C=O) groups is 1. The molecule has 3 aliphatic rings. The smallest absolute Gasteiger partial charge is 0.344 e. The molecule has 0 heterocycles. The molecule has 3 fully saturated rings. The van der Waals surface area contributed by atoms with Crippen molar-refractivity contribution in [3.8, 4) is 0 Å². The molecule has 3 unspecified atom stereocenters. The maximum Gasteiger partial charge on any atom is 0.408 e. The van der Waals surface area contributed by atoms with Gasteiger partial charge in [-0.3, -0.25) is 4.79 Å². The van der Waals surface area contributed by atoms with Crippen molar-refractivity contribution < 1.29 is 18.0 Å². The summed E-state index contributed by atoms with van der Waals surface area (Å²) in [5.74, 6) is -0.549. The highest BCUT2D eigenvalue weighted by Gasteiger charge is 2.48. The predicted octanol–water partition coefficient (Wildman–Crippen LogP) is 3.80. The average Bonchev–Trinajstić information content (AvgIpc) is 2.96. The molecule has 0 spiro atoms. The Bertz CT molecular complexity index is 426. The molecule has 7 heteroatoms. The number of nitrogens with one attached hydrogen (secondary N) is 1. The van der Waals surface area contributed by atoms with E-state index in [1.807, 2.05) is 0 Å². The van der Waals surface area contributed by atoms with E-state index in [0.29, 0.717) is 37.5 Å². The monoisotopic (exact) mass is 368 g/mol. The molecule has 1 amide bonds. The van der Waals surface area contributed by atoms with Crippen LogP contribution in [0.1, 0.15) is 57.8 Å². The van der Waals surface area contributed by atoms with Crippen LogP contribution in [0.4, 0.5) is 13.2 Å². The first-order valence-electron chi connectivity index (χ1n) is 8.99. The normalized spacial score (nSPS) is 35.2. The van der Waals surface area contributed by atoms with Crippen LogP contribution in [0.2, 0.25) is 0 Å². The fourth-order valence-electron chi connectivity index (χ4n) is 5.03. The van der Waals surface area contributed by atoms with Gasteiger partial charge < -0.3 is 11.1 Å². The number of carbonyl (C=O) groups excluding carboxylic acids is 1. The summed E-state index contributed by atoms with van der Waals surface area (Å²) in [5, 5.41) is 2.37. The summed E-state index contributed by atoms with van der Waals surface area (Å²) in [4.78, 5) is 12.5. The number of halogens is 4. The number of nitrogens with two attached hydrogens (primary N) is 1. The second-order valence-electron chi connectivity index (χ2n) is 7.77. The number of fused-ring (bicyclic) bond motifs is 2. The minimum Gasteiger partial charge on any atom is -0.344 e. The fraction of sp³-hybridized carbons (Fsp3) is 0.941. The van der Waals surface area contributed by atoms with Gasteiger partial charge in [0.15, 0.2) is 0 Å². The molecule has 3 nitrogen and oxygen atoms in total. The van der Waals surface area contributed by atoms with E-state index in [-0.39, 0.29) is 24.4 Å². The fourth-order valence-corrected chi connectivity index (χ4v) is 5.03. The van der Waals surface area contributed by atoms with Crippen molar-refractivity contribution >= 4 is 18.3 Å². The third kappa shape index (κ3) is 4.18. The zero-order valence-corrected chi connectivity index (χ0v) is 14.7. The molecule has 3 rings (SSSR count). The lowest BCUT2D eigenvalue weighted by Crippen LogP contribution is -2.54. The average molecular weight is 369 g/mol. The molecule has 0 aromatic carbocycles. The SMILES string of the molecule is Cl.NC1C2CCCC1CC(C(=O)NC(C1CCCC1)C(F)(F)F)C2. The van der Waals surface area contributed by atoms with Crippen LogP contribution in [0, 0.1) is 23.7 Å². The van der Waals surface area contributed by atoms with Crippen LogP contribution in [0.25, 0.3) is 0 Å². The molecule has 3 atom stereocenters. The standard InChI is InChI=1S/C17H27F3N2O.ClH/c18-17(19,20)15(10-4-1-2-5-10)22-16(23)13-8-11-6-3-7-12(9-13)14(11)21;/h10-15H,1-9,21H2,(H,22,23);1H. The molecule has 3 N–H and O–H groups in total. The lowest BCUT2D eigenvalue weighted by Gasteiger charge is -2.44. The summed E-state index contributed by atoms with van der Waals surface area (Å²) in [6.45, 7) is 0. The van der Waals surface area contributed by atoms with Crippen molar-refractivity contribution in [2.24, 2.45) is 29.4 Å². The summed E-state index contributed by atoms with van der Waals surface area (Å²) in [5.41, 5.74) is 6.20. The van der Waals surface area contributed by atoms with Gasteiger partial charge in [-0.15, -0.1) is 12.4 Å². The van der Waals surface area contributed by atoms with Crippen LogP contribution < -0.4 is 11.1 Å². The highest BCUT2D eigenvalue weighted by atomic mass is 35.5. The largest absolute Gasteiger partial charge is 0.408 e. The molecular formula is C17H28ClF3N2O. The molecule has 0 radical (unpaired) electrons. The number of hydrogen-bond donors (Lipinski definition) is 2. The van der Waals surface area contributed by atoms with Gasteiger partial charge >= 0.3 is 6.18 Å². The van der Waals surface area contributed by atoms with Gasteiger partial charge in [-0.1, -0.05) is 19.3 Å². The second kappa shape index (κ2) is 7.81. The zero-order valence-electron chi connectivity index (χ0n) is 13.9. The van der Waals surface area contributed by atoms with Crippen LogP contribution in [0.15, 0.2) is 0 Å². The zero-order chi connectivity index (χ0) is 16.6. The molecule has 3 saturated carbocycles. The number of hydrogen-bond acceptors (Lipinski definition) is 2. The molecule has 3 aliphatic carbocycles. The minimum atomic E-state index is -4.36. The lowest BCUT2D eigenvalue weighted by atomic mass is 9.65. The van der Waals surface area contributed by atoms with Gasteiger partial charge in [0, 0.05) is 12.0 Å². The van der Waals surface area contributed by atoms with Gasteiger partial charge in [-0.2, -0.15) is 13.2 Å². The topological polar surface area (TPSA) is 55.1 Å². The Labute approximate surface area is 147 Å². The summed E-state index contributed by atoms with van der Waals surface area (Å²) in [6.07, 6.45) is 2.87. The first-order valence-corrected chi connectivity index (χ1v) is 8.99. The van der Waals surface area contributed by atoms with Gasteiger partial charge in [0.1, 0.15) is 6.04 Å². The van der Waals surface area contributed by atoms with Crippen LogP contribution in [-0.4, -0.2) is 24.2 Å². The van der Waals surface area contributed by atoms with E-state index in [0.717, 1.165) is 32.1 Å². The van der Waals surface area contributed by atoms with E-state index in [2.05, 4.69) is 5.32 Å². The molecular weight excluding hydrogens is 341 g/mol. The molecule has 0 aliphatic heterocycles. The van der Waals surface area contributed by atoms with Crippen molar-refractivity contribution in [3.63, 3.8) is 0 Å². The van der Waals surface area contributed by atoms with Crippen LogP contribution >= 0.6 is 12.4 Å². The van der Waals surface area contributed by atoms with Gasteiger partial charge in [0.2, 0.25) is 5.91 Å². The van der Waals surface area contributed by atoms with Gasteiger partial charge in [-0.05, 0) is 56.3 Å². The quantitative estimate of drug-likeness (QED) is 0.796. The highest BCUT2D eigenvalue weighted by Crippen LogP contribution is 2.42. The van der Waals surface area contributed by atoms with Crippen LogP contribution in [0.3, 0.4) is 0 Å². The van der Waals surface area contributed by atoms with E-state index in [1.54, 1.807) is 0 Å². The predicted molar refractivity (Wildman–Crippen MR) is 88.7 cm³/mol. The Kier molecular flexibility index (Phi) is 6.46. The van der Waals surface area contributed by atoms with Crippen LogP contribution in [-0.2, 0) is 4.79 Å². The van der Waals surface area contributed by atoms with Crippen molar-refractivity contribution in [1.29, 1.82) is 0 Å². The van der Waals surface area contributed by atoms with E-state index in [9.17, 15) is 18.0 Å². The highest BCUT2D eigenvalue weighted by molar-refractivity contribution is 5.85. The second-order valence-corrected chi connectivity index (χ2v) is 7.77. The van der Waals surface area contributed by atoms with E-state index >= 15 is 0 Å². The van der Waals surface area contributed by atoms with E-state index < -0.39 is 24.0 Å². The maximum absolute atomic E-state index is 13.4.